The highest BCUT2D eigenvalue weighted by Crippen LogP contribution is 2.33. The number of carbonyl (C=O) groups excluding carboxylic acids is 1. The summed E-state index contributed by atoms with van der Waals surface area (Å²) in [5, 5.41) is 0. The van der Waals surface area contributed by atoms with Gasteiger partial charge in [0.1, 0.15) is 0 Å². The molecule has 0 aromatic heterocycles. The van der Waals surface area contributed by atoms with Crippen LogP contribution in [0.25, 0.3) is 0 Å². The number of Topliss-reactive ketones (excluding diaryl/α,β-unsaturated/α-hetero) is 1. The van der Waals surface area contributed by atoms with E-state index in [9.17, 15) is 18.0 Å². The van der Waals surface area contributed by atoms with Crippen LogP contribution in [-0.4, -0.2) is 30.8 Å². The molecule has 1 unspecified atom stereocenters. The second kappa shape index (κ2) is 5.95. The van der Waals surface area contributed by atoms with E-state index < -0.39 is 17.5 Å². The fraction of sp³-hybridized carbons (Fsp3) is 0.533. The molecule has 5 heteroatoms. The van der Waals surface area contributed by atoms with E-state index in [-0.39, 0.29) is 17.9 Å². The van der Waals surface area contributed by atoms with E-state index in [2.05, 4.69) is 4.90 Å². The first kappa shape index (κ1) is 15.0. The van der Waals surface area contributed by atoms with Gasteiger partial charge in [-0.2, -0.15) is 13.2 Å². The summed E-state index contributed by atoms with van der Waals surface area (Å²) in [6.45, 7) is 1.77. The van der Waals surface area contributed by atoms with Crippen LogP contribution in [0.2, 0.25) is 0 Å². The third-order valence-electron chi connectivity index (χ3n) is 3.73. The molecule has 1 aliphatic heterocycles. The van der Waals surface area contributed by atoms with Crippen molar-refractivity contribution in [3.63, 3.8) is 0 Å². The fourth-order valence-corrected chi connectivity index (χ4v) is 2.79. The Bertz CT molecular complexity index is 484. The number of piperidine rings is 1. The van der Waals surface area contributed by atoms with Crippen LogP contribution >= 0.6 is 0 Å². The molecule has 0 saturated carbocycles. The highest BCUT2D eigenvalue weighted by Gasteiger charge is 2.35. The number of halogens is 3. The Labute approximate surface area is 116 Å². The number of alkyl halides is 3. The number of hydrogen-bond acceptors (Lipinski definition) is 2. The third kappa shape index (κ3) is 3.60. The summed E-state index contributed by atoms with van der Waals surface area (Å²) >= 11 is 0. The Morgan fingerprint density at radius 2 is 2.05 bits per heavy atom. The molecule has 0 aliphatic carbocycles. The van der Waals surface area contributed by atoms with E-state index >= 15 is 0 Å². The van der Waals surface area contributed by atoms with Gasteiger partial charge in [-0.15, -0.1) is 0 Å². The van der Waals surface area contributed by atoms with Gasteiger partial charge in [0.2, 0.25) is 0 Å². The first-order valence-electron chi connectivity index (χ1n) is 6.76. The maximum absolute atomic E-state index is 12.9. The largest absolute Gasteiger partial charge is 0.417 e. The Morgan fingerprint density at radius 3 is 2.70 bits per heavy atom. The number of carbonyl (C=O) groups is 1. The summed E-state index contributed by atoms with van der Waals surface area (Å²) in [4.78, 5) is 14.3. The van der Waals surface area contributed by atoms with Crippen LogP contribution in [0.4, 0.5) is 13.2 Å². The van der Waals surface area contributed by atoms with E-state index in [1.807, 2.05) is 7.05 Å². The molecule has 1 saturated heterocycles. The Hall–Kier alpha value is -1.36. The highest BCUT2D eigenvalue weighted by molar-refractivity contribution is 5.97. The summed E-state index contributed by atoms with van der Waals surface area (Å²) in [5.74, 6) is -0.249. The van der Waals surface area contributed by atoms with Crippen LogP contribution in [0.5, 0.6) is 0 Å². The molecular weight excluding hydrogens is 267 g/mol. The minimum absolute atomic E-state index is 0.155. The molecular formula is C15H18F3NO. The topological polar surface area (TPSA) is 20.3 Å². The van der Waals surface area contributed by atoms with Gasteiger partial charge in [0, 0.05) is 18.5 Å². The van der Waals surface area contributed by atoms with Crippen molar-refractivity contribution in [3.8, 4) is 0 Å². The number of hydrogen-bond donors (Lipinski definition) is 0. The SMILES string of the molecule is CN1CCCC(CC(=O)c2ccccc2C(F)(F)F)C1. The summed E-state index contributed by atoms with van der Waals surface area (Å²) in [6.07, 6.45) is -2.38. The van der Waals surface area contributed by atoms with Gasteiger partial charge in [-0.05, 0) is 38.4 Å². The molecule has 1 aliphatic rings. The van der Waals surface area contributed by atoms with Gasteiger partial charge in [0.15, 0.2) is 5.78 Å². The van der Waals surface area contributed by atoms with E-state index in [1.54, 1.807) is 0 Å². The second-order valence-corrected chi connectivity index (χ2v) is 5.44. The maximum Gasteiger partial charge on any atom is 0.417 e. The van der Waals surface area contributed by atoms with Crippen molar-refractivity contribution >= 4 is 5.78 Å². The van der Waals surface area contributed by atoms with Crippen molar-refractivity contribution in [3.05, 3.63) is 35.4 Å². The summed E-state index contributed by atoms with van der Waals surface area (Å²) in [5.41, 5.74) is -1.03. The van der Waals surface area contributed by atoms with Gasteiger partial charge < -0.3 is 4.90 Å². The number of benzene rings is 1. The van der Waals surface area contributed by atoms with Crippen molar-refractivity contribution < 1.29 is 18.0 Å². The van der Waals surface area contributed by atoms with Crippen LogP contribution < -0.4 is 0 Å². The van der Waals surface area contributed by atoms with Gasteiger partial charge in [-0.25, -0.2) is 0 Å². The average molecular weight is 285 g/mol. The molecule has 0 bridgehead atoms. The van der Waals surface area contributed by atoms with E-state index in [0.717, 1.165) is 32.0 Å². The van der Waals surface area contributed by atoms with Crippen LogP contribution in [0, 0.1) is 5.92 Å². The van der Waals surface area contributed by atoms with E-state index in [1.165, 1.54) is 18.2 Å². The quantitative estimate of drug-likeness (QED) is 0.791. The Balaban J connectivity index is 2.13. The molecule has 0 amide bonds. The zero-order valence-corrected chi connectivity index (χ0v) is 11.4. The lowest BCUT2D eigenvalue weighted by Gasteiger charge is -2.29. The minimum Gasteiger partial charge on any atom is -0.306 e. The van der Waals surface area contributed by atoms with Crippen LogP contribution in [-0.2, 0) is 6.18 Å². The fourth-order valence-electron chi connectivity index (χ4n) is 2.79. The molecule has 1 heterocycles. The highest BCUT2D eigenvalue weighted by atomic mass is 19.4. The van der Waals surface area contributed by atoms with Gasteiger partial charge in [-0.3, -0.25) is 4.79 Å². The normalized spacial score (nSPS) is 20.9. The molecule has 1 atom stereocenters. The first-order chi connectivity index (χ1) is 9.38. The molecule has 1 aromatic rings. The second-order valence-electron chi connectivity index (χ2n) is 5.44. The number of nitrogens with zero attached hydrogens (tertiary/aromatic N) is 1. The van der Waals surface area contributed by atoms with E-state index in [0.29, 0.717) is 0 Å². The molecule has 0 radical (unpaired) electrons. The molecule has 0 N–H and O–H groups in total. The molecule has 0 spiro atoms. The van der Waals surface area contributed by atoms with Crippen LogP contribution in [0.3, 0.4) is 0 Å². The predicted molar refractivity (Wildman–Crippen MR) is 70.6 cm³/mol. The van der Waals surface area contributed by atoms with Gasteiger partial charge >= 0.3 is 6.18 Å². The lowest BCUT2D eigenvalue weighted by atomic mass is 9.90. The molecule has 1 fully saturated rings. The van der Waals surface area contributed by atoms with Crippen LogP contribution in [0.15, 0.2) is 24.3 Å². The number of rotatable bonds is 3. The third-order valence-corrected chi connectivity index (χ3v) is 3.73. The number of likely N-dealkylation sites (tertiary alicyclic amines) is 1. The zero-order valence-electron chi connectivity index (χ0n) is 11.4. The predicted octanol–water partition coefficient (Wildman–Crippen LogP) is 3.62. The summed E-state index contributed by atoms with van der Waals surface area (Å²) in [7, 11) is 1.97. The molecule has 20 heavy (non-hydrogen) atoms. The van der Waals surface area contributed by atoms with Gasteiger partial charge in [0.05, 0.1) is 5.56 Å². The smallest absolute Gasteiger partial charge is 0.306 e. The summed E-state index contributed by atoms with van der Waals surface area (Å²) in [6, 6.07) is 5.04. The number of ketones is 1. The standard InChI is InChI=1S/C15H18F3NO/c1-19-8-4-5-11(10-19)9-14(20)12-6-2-3-7-13(12)15(16,17)18/h2-3,6-7,11H,4-5,8-10H2,1H3. The molecule has 110 valence electrons. The zero-order chi connectivity index (χ0) is 14.8. The molecule has 1 aromatic carbocycles. The van der Waals surface area contributed by atoms with Crippen LogP contribution in [0.1, 0.15) is 35.2 Å². The van der Waals surface area contributed by atoms with Crippen molar-refractivity contribution in [1.82, 2.24) is 4.90 Å². The Kier molecular flexibility index (Phi) is 4.48. The lowest BCUT2D eigenvalue weighted by molar-refractivity contribution is -0.137. The summed E-state index contributed by atoms with van der Waals surface area (Å²) < 4.78 is 38.7. The van der Waals surface area contributed by atoms with Gasteiger partial charge in [0.25, 0.3) is 0 Å². The molecule has 2 rings (SSSR count). The average Bonchev–Trinajstić information content (AvgIpc) is 2.37. The van der Waals surface area contributed by atoms with Crippen molar-refractivity contribution in [2.75, 3.05) is 20.1 Å². The van der Waals surface area contributed by atoms with E-state index in [4.69, 9.17) is 0 Å². The first-order valence-corrected chi connectivity index (χ1v) is 6.76. The Morgan fingerprint density at radius 1 is 1.35 bits per heavy atom. The van der Waals surface area contributed by atoms with Gasteiger partial charge in [-0.1, -0.05) is 18.2 Å². The lowest BCUT2D eigenvalue weighted by Crippen LogP contribution is -2.33. The maximum atomic E-state index is 12.9. The monoisotopic (exact) mass is 285 g/mol. The van der Waals surface area contributed by atoms with Crippen molar-refractivity contribution in [2.45, 2.75) is 25.4 Å². The van der Waals surface area contributed by atoms with Crippen molar-refractivity contribution in [1.29, 1.82) is 0 Å². The molecule has 2 nitrogen and oxygen atoms in total. The minimum atomic E-state index is -4.48. The van der Waals surface area contributed by atoms with Crippen molar-refractivity contribution in [2.24, 2.45) is 5.92 Å².